The fourth-order valence-corrected chi connectivity index (χ4v) is 4.15. The molecule has 19 heavy (non-hydrogen) atoms. The van der Waals surface area contributed by atoms with E-state index < -0.39 is 5.60 Å². The number of rotatable bonds is 1. The number of hydrogen-bond donors (Lipinski definition) is 1. The molecule has 3 heteroatoms. The van der Waals surface area contributed by atoms with Crippen LogP contribution in [0.4, 0.5) is 0 Å². The van der Waals surface area contributed by atoms with Crippen LogP contribution in [-0.4, -0.2) is 35.7 Å². The third-order valence-corrected chi connectivity index (χ3v) is 5.13. The van der Waals surface area contributed by atoms with Gasteiger partial charge in [0.25, 0.3) is 0 Å². The van der Waals surface area contributed by atoms with Gasteiger partial charge in [-0.3, -0.25) is 4.90 Å². The van der Waals surface area contributed by atoms with E-state index in [9.17, 15) is 5.11 Å². The number of para-hydroxylation sites is 1. The Hall–Kier alpha value is -1.06. The number of benzene rings is 1. The Morgan fingerprint density at radius 1 is 1.26 bits per heavy atom. The molecule has 2 fully saturated rings. The molecule has 1 aromatic carbocycles. The number of ether oxygens (including phenoxy) is 1. The lowest BCUT2D eigenvalue weighted by atomic mass is 9.82. The summed E-state index contributed by atoms with van der Waals surface area (Å²) in [5, 5.41) is 11.3. The van der Waals surface area contributed by atoms with Crippen LogP contribution in [0.5, 0.6) is 5.75 Å². The van der Waals surface area contributed by atoms with Gasteiger partial charge in [0.1, 0.15) is 11.4 Å². The maximum Gasteiger partial charge on any atom is 0.128 e. The molecule has 3 heterocycles. The molecule has 1 aromatic rings. The molecule has 0 amide bonds. The van der Waals surface area contributed by atoms with Crippen LogP contribution in [0.1, 0.15) is 36.8 Å². The predicted octanol–water partition coefficient (Wildman–Crippen LogP) is 2.07. The number of aliphatic hydroxyl groups is 1. The number of hydrogen-bond acceptors (Lipinski definition) is 3. The maximum absolute atomic E-state index is 11.3. The largest absolute Gasteiger partial charge is 0.493 e. The third-order valence-electron chi connectivity index (χ3n) is 5.13. The normalized spacial score (nSPS) is 33.8. The molecule has 102 valence electrons. The Kier molecular flexibility index (Phi) is 2.61. The van der Waals surface area contributed by atoms with E-state index in [1.807, 2.05) is 0 Å². The van der Waals surface area contributed by atoms with Crippen LogP contribution in [-0.2, 0) is 12.0 Å². The molecule has 1 N–H and O–H groups in total. The van der Waals surface area contributed by atoms with Crippen LogP contribution < -0.4 is 4.74 Å². The van der Waals surface area contributed by atoms with Gasteiger partial charge in [0.2, 0.25) is 0 Å². The minimum Gasteiger partial charge on any atom is -0.493 e. The van der Waals surface area contributed by atoms with Crippen LogP contribution in [0.2, 0.25) is 0 Å². The summed E-state index contributed by atoms with van der Waals surface area (Å²) in [6.45, 7) is 2.92. The van der Waals surface area contributed by atoms with Crippen LogP contribution in [0, 0.1) is 0 Å². The molecule has 0 spiro atoms. The molecule has 0 aliphatic carbocycles. The van der Waals surface area contributed by atoms with Gasteiger partial charge in [-0.15, -0.1) is 0 Å². The van der Waals surface area contributed by atoms with E-state index in [1.165, 1.54) is 18.4 Å². The molecule has 0 aromatic heterocycles. The summed E-state index contributed by atoms with van der Waals surface area (Å²) in [5.41, 5.74) is 1.60. The molecule has 4 rings (SSSR count). The van der Waals surface area contributed by atoms with Crippen molar-refractivity contribution in [2.45, 2.75) is 43.7 Å². The zero-order chi connectivity index (χ0) is 12.9. The standard InChI is InChI=1S/C16H21NO2/c18-16(8-10-17-9-2-1-6-14(16)17)13-5-3-4-12-7-11-19-15(12)13/h3-5,14,18H,1-2,6-11H2. The van der Waals surface area contributed by atoms with Gasteiger partial charge in [-0.05, 0) is 31.4 Å². The summed E-state index contributed by atoms with van der Waals surface area (Å²) in [4.78, 5) is 2.47. The molecule has 3 aliphatic heterocycles. The zero-order valence-electron chi connectivity index (χ0n) is 11.3. The Balaban J connectivity index is 1.77. The van der Waals surface area contributed by atoms with E-state index >= 15 is 0 Å². The molecule has 3 aliphatic rings. The topological polar surface area (TPSA) is 32.7 Å². The molecule has 0 radical (unpaired) electrons. The Labute approximate surface area is 114 Å². The van der Waals surface area contributed by atoms with E-state index in [2.05, 4.69) is 23.1 Å². The molecular weight excluding hydrogens is 238 g/mol. The third kappa shape index (κ3) is 1.65. The minimum absolute atomic E-state index is 0.289. The second-order valence-corrected chi connectivity index (χ2v) is 6.11. The van der Waals surface area contributed by atoms with Gasteiger partial charge >= 0.3 is 0 Å². The van der Waals surface area contributed by atoms with E-state index in [4.69, 9.17) is 4.74 Å². The van der Waals surface area contributed by atoms with Gasteiger partial charge in [-0.25, -0.2) is 0 Å². The first kappa shape index (κ1) is 11.7. The molecule has 2 saturated heterocycles. The fraction of sp³-hybridized carbons (Fsp3) is 0.625. The second-order valence-electron chi connectivity index (χ2n) is 6.11. The Bertz CT molecular complexity index is 502. The van der Waals surface area contributed by atoms with E-state index in [0.29, 0.717) is 0 Å². The smallest absolute Gasteiger partial charge is 0.128 e. The molecule has 0 saturated carbocycles. The van der Waals surface area contributed by atoms with Crippen molar-refractivity contribution in [2.24, 2.45) is 0 Å². The van der Waals surface area contributed by atoms with Crippen molar-refractivity contribution < 1.29 is 9.84 Å². The van der Waals surface area contributed by atoms with Gasteiger partial charge in [-0.1, -0.05) is 24.6 Å². The minimum atomic E-state index is -0.698. The highest BCUT2D eigenvalue weighted by molar-refractivity contribution is 5.48. The first-order valence-corrected chi connectivity index (χ1v) is 7.51. The first-order valence-electron chi connectivity index (χ1n) is 7.51. The Morgan fingerprint density at radius 3 is 3.16 bits per heavy atom. The van der Waals surface area contributed by atoms with Crippen molar-refractivity contribution in [1.82, 2.24) is 4.90 Å². The van der Waals surface area contributed by atoms with Crippen molar-refractivity contribution >= 4 is 0 Å². The van der Waals surface area contributed by atoms with Crippen LogP contribution in [0.15, 0.2) is 18.2 Å². The predicted molar refractivity (Wildman–Crippen MR) is 73.4 cm³/mol. The van der Waals surface area contributed by atoms with E-state index in [-0.39, 0.29) is 6.04 Å². The van der Waals surface area contributed by atoms with Crippen LogP contribution in [0.25, 0.3) is 0 Å². The van der Waals surface area contributed by atoms with Crippen molar-refractivity contribution in [3.8, 4) is 5.75 Å². The first-order chi connectivity index (χ1) is 9.29. The molecule has 0 bridgehead atoms. The highest BCUT2D eigenvalue weighted by Crippen LogP contribution is 2.46. The van der Waals surface area contributed by atoms with Gasteiger partial charge in [0, 0.05) is 24.6 Å². The number of piperidine rings is 1. The fourth-order valence-electron chi connectivity index (χ4n) is 4.15. The summed E-state index contributed by atoms with van der Waals surface area (Å²) in [7, 11) is 0. The summed E-state index contributed by atoms with van der Waals surface area (Å²) >= 11 is 0. The molecular formula is C16H21NO2. The van der Waals surface area contributed by atoms with Crippen molar-refractivity contribution in [3.05, 3.63) is 29.3 Å². The number of nitrogens with zero attached hydrogens (tertiary/aromatic N) is 1. The zero-order valence-corrected chi connectivity index (χ0v) is 11.3. The van der Waals surface area contributed by atoms with Gasteiger partial charge in [-0.2, -0.15) is 0 Å². The monoisotopic (exact) mass is 259 g/mol. The molecule has 3 nitrogen and oxygen atoms in total. The van der Waals surface area contributed by atoms with E-state index in [0.717, 1.165) is 50.3 Å². The quantitative estimate of drug-likeness (QED) is 0.838. The maximum atomic E-state index is 11.3. The SMILES string of the molecule is OC1(c2cccc3c2OCC3)CCN2CCCCC21. The summed E-state index contributed by atoms with van der Waals surface area (Å²) in [6.07, 6.45) is 5.45. The second kappa shape index (κ2) is 4.22. The summed E-state index contributed by atoms with van der Waals surface area (Å²) < 4.78 is 5.81. The molecule has 2 unspecified atom stereocenters. The van der Waals surface area contributed by atoms with Crippen molar-refractivity contribution in [2.75, 3.05) is 19.7 Å². The highest BCUT2D eigenvalue weighted by Gasteiger charge is 2.49. The van der Waals surface area contributed by atoms with Crippen LogP contribution in [0.3, 0.4) is 0 Å². The average molecular weight is 259 g/mol. The average Bonchev–Trinajstić information content (AvgIpc) is 3.05. The van der Waals surface area contributed by atoms with Gasteiger partial charge in [0.15, 0.2) is 0 Å². The van der Waals surface area contributed by atoms with Gasteiger partial charge in [0.05, 0.1) is 6.61 Å². The van der Waals surface area contributed by atoms with Crippen molar-refractivity contribution in [1.29, 1.82) is 0 Å². The van der Waals surface area contributed by atoms with Crippen LogP contribution >= 0.6 is 0 Å². The van der Waals surface area contributed by atoms with E-state index in [1.54, 1.807) is 0 Å². The van der Waals surface area contributed by atoms with Gasteiger partial charge < -0.3 is 9.84 Å². The molecule has 2 atom stereocenters. The lowest BCUT2D eigenvalue weighted by Gasteiger charge is -2.38. The summed E-state index contributed by atoms with van der Waals surface area (Å²) in [5.74, 6) is 0.970. The van der Waals surface area contributed by atoms with Crippen molar-refractivity contribution in [3.63, 3.8) is 0 Å². The Morgan fingerprint density at radius 2 is 2.21 bits per heavy atom. The lowest BCUT2D eigenvalue weighted by molar-refractivity contribution is -0.0154. The summed E-state index contributed by atoms with van der Waals surface area (Å²) in [6, 6.07) is 6.56. The lowest BCUT2D eigenvalue weighted by Crippen LogP contribution is -2.45. The highest BCUT2D eigenvalue weighted by atomic mass is 16.5. The number of fused-ring (bicyclic) bond motifs is 2.